The summed E-state index contributed by atoms with van der Waals surface area (Å²) in [4.78, 5) is 12.1. The van der Waals surface area contributed by atoms with Crippen LogP contribution in [0.3, 0.4) is 0 Å². The third kappa shape index (κ3) is 4.30. The van der Waals surface area contributed by atoms with E-state index in [-0.39, 0.29) is 18.3 Å². The number of hydrogen-bond acceptors (Lipinski definition) is 3. The second kappa shape index (κ2) is 6.91. The summed E-state index contributed by atoms with van der Waals surface area (Å²) in [6.07, 6.45) is -0.661. The van der Waals surface area contributed by atoms with Crippen molar-refractivity contribution in [3.8, 4) is 5.75 Å². The van der Waals surface area contributed by atoms with Gasteiger partial charge >= 0.3 is 6.03 Å². The highest BCUT2D eigenvalue weighted by molar-refractivity contribution is 5.91. The number of carbonyl (C=O) groups excluding carboxylic acids is 1. The molecule has 0 aliphatic heterocycles. The summed E-state index contributed by atoms with van der Waals surface area (Å²) in [5.74, 6) is 0.434. The lowest BCUT2D eigenvalue weighted by Gasteiger charge is -2.28. The summed E-state index contributed by atoms with van der Waals surface area (Å²) in [6, 6.07) is 5.86. The van der Waals surface area contributed by atoms with E-state index in [9.17, 15) is 18.7 Å². The molecule has 1 aromatic carbocycles. The maximum absolute atomic E-state index is 12.2. The minimum atomic E-state index is -2.59. The molecule has 5 nitrogen and oxygen atoms in total. The fourth-order valence-electron chi connectivity index (χ4n) is 2.25. The number of amides is 2. The van der Waals surface area contributed by atoms with Crippen LogP contribution >= 0.6 is 0 Å². The molecule has 1 aromatic rings. The Morgan fingerprint density at radius 2 is 2.14 bits per heavy atom. The number of nitrogens with one attached hydrogen (secondary N) is 2. The van der Waals surface area contributed by atoms with Crippen LogP contribution in [0.5, 0.6) is 5.75 Å². The molecule has 0 spiro atoms. The number of benzene rings is 1. The van der Waals surface area contributed by atoms with Crippen molar-refractivity contribution in [1.29, 1.82) is 0 Å². The van der Waals surface area contributed by atoms with Gasteiger partial charge in [0, 0.05) is 0 Å². The topological polar surface area (TPSA) is 70.6 Å². The Balaban J connectivity index is 1.99. The van der Waals surface area contributed by atoms with Gasteiger partial charge in [-0.15, -0.1) is 0 Å². The molecule has 3 N–H and O–H groups in total. The monoisotopic (exact) mass is 314 g/mol. The SMILES string of the molecule is CC(CO)(NC(=O)Nc1ccccc1OCC(F)F)C1CC1. The van der Waals surface area contributed by atoms with Gasteiger partial charge in [0.2, 0.25) is 0 Å². The maximum Gasteiger partial charge on any atom is 0.319 e. The zero-order valence-corrected chi connectivity index (χ0v) is 12.3. The maximum atomic E-state index is 12.2. The van der Waals surface area contributed by atoms with E-state index in [1.165, 1.54) is 6.07 Å². The first-order chi connectivity index (χ1) is 10.4. The molecule has 122 valence electrons. The first-order valence-electron chi connectivity index (χ1n) is 7.14. The fourth-order valence-corrected chi connectivity index (χ4v) is 2.25. The molecule has 1 atom stereocenters. The Bertz CT molecular complexity index is 523. The van der Waals surface area contributed by atoms with Crippen LogP contribution in [-0.4, -0.2) is 36.3 Å². The summed E-state index contributed by atoms with van der Waals surface area (Å²) in [7, 11) is 0. The fraction of sp³-hybridized carbons (Fsp3) is 0.533. The Morgan fingerprint density at radius 1 is 1.45 bits per heavy atom. The van der Waals surface area contributed by atoms with Crippen LogP contribution in [0.2, 0.25) is 0 Å². The van der Waals surface area contributed by atoms with Crippen LogP contribution in [0.15, 0.2) is 24.3 Å². The predicted octanol–water partition coefficient (Wildman–Crippen LogP) is 2.61. The molecular weight excluding hydrogens is 294 g/mol. The lowest BCUT2D eigenvalue weighted by molar-refractivity contribution is 0.0822. The number of ether oxygens (including phenoxy) is 1. The van der Waals surface area contributed by atoms with Gasteiger partial charge in [0.05, 0.1) is 17.8 Å². The van der Waals surface area contributed by atoms with Crippen LogP contribution in [0.4, 0.5) is 19.3 Å². The van der Waals surface area contributed by atoms with Gasteiger partial charge in [-0.2, -0.15) is 0 Å². The van der Waals surface area contributed by atoms with Crippen molar-refractivity contribution in [2.24, 2.45) is 5.92 Å². The quantitative estimate of drug-likeness (QED) is 0.724. The van der Waals surface area contributed by atoms with Gasteiger partial charge in [0.25, 0.3) is 6.43 Å². The predicted molar refractivity (Wildman–Crippen MR) is 78.3 cm³/mol. The van der Waals surface area contributed by atoms with Crippen molar-refractivity contribution >= 4 is 11.7 Å². The highest BCUT2D eigenvalue weighted by Gasteiger charge is 2.42. The first kappa shape index (κ1) is 16.5. The molecular formula is C15H20F2N2O3. The largest absolute Gasteiger partial charge is 0.485 e. The Labute approximate surface area is 127 Å². The lowest BCUT2D eigenvalue weighted by atomic mass is 9.97. The molecule has 22 heavy (non-hydrogen) atoms. The van der Waals surface area contributed by atoms with E-state index < -0.39 is 24.6 Å². The van der Waals surface area contributed by atoms with Gasteiger partial charge in [-0.25, -0.2) is 13.6 Å². The minimum Gasteiger partial charge on any atom is -0.485 e. The second-order valence-electron chi connectivity index (χ2n) is 5.63. The first-order valence-corrected chi connectivity index (χ1v) is 7.14. The van der Waals surface area contributed by atoms with E-state index in [0.717, 1.165) is 12.8 Å². The summed E-state index contributed by atoms with van der Waals surface area (Å²) >= 11 is 0. The number of alkyl halides is 2. The number of halogens is 2. The number of urea groups is 1. The molecule has 0 bridgehead atoms. The van der Waals surface area contributed by atoms with Crippen LogP contribution in [-0.2, 0) is 0 Å². The minimum absolute atomic E-state index is 0.158. The standard InChI is InChI=1S/C15H20F2N2O3/c1-15(9-20,10-6-7-10)19-14(21)18-11-4-2-3-5-12(11)22-8-13(16)17/h2-5,10,13,20H,6-9H2,1H3,(H2,18,19,21). The van der Waals surface area contributed by atoms with Gasteiger partial charge < -0.3 is 20.5 Å². The normalized spacial score (nSPS) is 17.0. The van der Waals surface area contributed by atoms with E-state index >= 15 is 0 Å². The van der Waals surface area contributed by atoms with Gasteiger partial charge in [0.15, 0.2) is 0 Å². The molecule has 1 saturated carbocycles. The van der Waals surface area contributed by atoms with E-state index in [4.69, 9.17) is 4.74 Å². The number of hydrogen-bond donors (Lipinski definition) is 3. The lowest BCUT2D eigenvalue weighted by Crippen LogP contribution is -2.52. The molecule has 0 radical (unpaired) electrons. The third-order valence-electron chi connectivity index (χ3n) is 3.71. The van der Waals surface area contributed by atoms with Crippen molar-refractivity contribution in [3.63, 3.8) is 0 Å². The Kier molecular flexibility index (Phi) is 5.18. The molecule has 7 heteroatoms. The molecule has 1 fully saturated rings. The molecule has 0 saturated heterocycles. The summed E-state index contributed by atoms with van der Waals surface area (Å²) in [6.45, 7) is 0.884. The molecule has 2 rings (SSSR count). The number of aliphatic hydroxyl groups is 1. The molecule has 0 aromatic heterocycles. The van der Waals surface area contributed by atoms with E-state index in [1.54, 1.807) is 25.1 Å². The number of aliphatic hydroxyl groups excluding tert-OH is 1. The summed E-state index contributed by atoms with van der Waals surface area (Å²) < 4.78 is 29.4. The van der Waals surface area contributed by atoms with Crippen molar-refractivity contribution in [1.82, 2.24) is 5.32 Å². The number of para-hydroxylation sites is 2. The summed E-state index contributed by atoms with van der Waals surface area (Å²) in [5.41, 5.74) is -0.375. The van der Waals surface area contributed by atoms with Gasteiger partial charge in [-0.05, 0) is 37.8 Å². The molecule has 1 aliphatic carbocycles. The van der Waals surface area contributed by atoms with Crippen molar-refractivity contribution < 1.29 is 23.4 Å². The van der Waals surface area contributed by atoms with Gasteiger partial charge in [-0.1, -0.05) is 12.1 Å². The number of carbonyl (C=O) groups is 1. The highest BCUT2D eigenvalue weighted by Crippen LogP contribution is 2.39. The van der Waals surface area contributed by atoms with Crippen LogP contribution in [0, 0.1) is 5.92 Å². The van der Waals surface area contributed by atoms with Crippen molar-refractivity contribution in [2.45, 2.75) is 31.7 Å². The Morgan fingerprint density at radius 3 is 2.73 bits per heavy atom. The zero-order valence-electron chi connectivity index (χ0n) is 12.3. The van der Waals surface area contributed by atoms with E-state index in [0.29, 0.717) is 5.69 Å². The van der Waals surface area contributed by atoms with Crippen molar-refractivity contribution in [2.75, 3.05) is 18.5 Å². The molecule has 0 heterocycles. The van der Waals surface area contributed by atoms with Gasteiger partial charge in [0.1, 0.15) is 12.4 Å². The number of rotatable bonds is 7. The van der Waals surface area contributed by atoms with Crippen LogP contribution < -0.4 is 15.4 Å². The third-order valence-corrected chi connectivity index (χ3v) is 3.71. The van der Waals surface area contributed by atoms with Crippen molar-refractivity contribution in [3.05, 3.63) is 24.3 Å². The van der Waals surface area contributed by atoms with Crippen LogP contribution in [0.1, 0.15) is 19.8 Å². The summed E-state index contributed by atoms with van der Waals surface area (Å²) in [5, 5.41) is 14.8. The average molecular weight is 314 g/mol. The number of anilines is 1. The Hall–Kier alpha value is -1.89. The van der Waals surface area contributed by atoms with E-state index in [2.05, 4.69) is 10.6 Å². The smallest absolute Gasteiger partial charge is 0.319 e. The molecule has 1 aliphatic rings. The van der Waals surface area contributed by atoms with Gasteiger partial charge in [-0.3, -0.25) is 0 Å². The molecule has 1 unspecified atom stereocenters. The van der Waals surface area contributed by atoms with Crippen LogP contribution in [0.25, 0.3) is 0 Å². The zero-order chi connectivity index (χ0) is 16.2. The second-order valence-corrected chi connectivity index (χ2v) is 5.63. The average Bonchev–Trinajstić information content (AvgIpc) is 3.31. The van der Waals surface area contributed by atoms with E-state index in [1.807, 2.05) is 0 Å². The molecule has 2 amide bonds. The highest BCUT2D eigenvalue weighted by atomic mass is 19.3.